The van der Waals surface area contributed by atoms with E-state index in [1.807, 2.05) is 35.2 Å². The van der Waals surface area contributed by atoms with Gasteiger partial charge in [-0.2, -0.15) is 0 Å². The van der Waals surface area contributed by atoms with Gasteiger partial charge in [0.2, 0.25) is 12.3 Å². The highest BCUT2D eigenvalue weighted by atomic mass is 16.2. The molecule has 0 bridgehead atoms. The second kappa shape index (κ2) is 6.43. The van der Waals surface area contributed by atoms with E-state index < -0.39 is 6.04 Å². The molecular formula is C16H18N4O2. The zero-order valence-corrected chi connectivity index (χ0v) is 12.2. The molecule has 1 saturated heterocycles. The maximum absolute atomic E-state index is 12.9. The first-order chi connectivity index (χ1) is 10.8. The van der Waals surface area contributed by atoms with Crippen LogP contribution in [0.25, 0.3) is 0 Å². The van der Waals surface area contributed by atoms with Crippen LogP contribution < -0.4 is 5.32 Å². The number of hydrogen-bond acceptors (Lipinski definition) is 3. The lowest BCUT2D eigenvalue weighted by Crippen LogP contribution is -2.35. The fourth-order valence-electron chi connectivity index (χ4n) is 2.80. The van der Waals surface area contributed by atoms with Crippen molar-refractivity contribution in [2.45, 2.75) is 18.9 Å². The zero-order chi connectivity index (χ0) is 15.4. The Hall–Kier alpha value is -2.63. The summed E-state index contributed by atoms with van der Waals surface area (Å²) in [7, 11) is 0. The summed E-state index contributed by atoms with van der Waals surface area (Å²) in [5.74, 6) is 0.504. The molecule has 2 heterocycles. The van der Waals surface area contributed by atoms with E-state index in [1.54, 1.807) is 17.1 Å². The van der Waals surface area contributed by atoms with E-state index in [0.717, 1.165) is 31.5 Å². The number of amides is 2. The molecule has 1 fully saturated rings. The lowest BCUT2D eigenvalue weighted by Gasteiger charge is -2.24. The normalized spacial score (nSPS) is 15.5. The lowest BCUT2D eigenvalue weighted by molar-refractivity contribution is -0.132. The van der Waals surface area contributed by atoms with Crippen molar-refractivity contribution >= 4 is 18.1 Å². The number of nitrogens with one attached hydrogen (secondary N) is 1. The summed E-state index contributed by atoms with van der Waals surface area (Å²) < 4.78 is 1.75. The Morgan fingerprint density at radius 2 is 1.95 bits per heavy atom. The molecule has 1 unspecified atom stereocenters. The minimum atomic E-state index is -0.450. The molecule has 1 atom stereocenters. The first-order valence-corrected chi connectivity index (χ1v) is 7.37. The van der Waals surface area contributed by atoms with Crippen molar-refractivity contribution in [3.63, 3.8) is 0 Å². The fraction of sp³-hybridized carbons (Fsp3) is 0.312. The van der Waals surface area contributed by atoms with Crippen molar-refractivity contribution < 1.29 is 9.59 Å². The van der Waals surface area contributed by atoms with Crippen LogP contribution in [0.1, 0.15) is 24.4 Å². The van der Waals surface area contributed by atoms with E-state index in [1.165, 1.54) is 0 Å². The van der Waals surface area contributed by atoms with E-state index in [0.29, 0.717) is 12.2 Å². The Labute approximate surface area is 128 Å². The second-order valence-corrected chi connectivity index (χ2v) is 5.31. The molecule has 1 aromatic heterocycles. The molecule has 114 valence electrons. The Kier molecular flexibility index (Phi) is 4.18. The SMILES string of the molecule is O=CNc1cn(C(C(=O)N2CCCC2)c2ccccc2)cn1. The van der Waals surface area contributed by atoms with Gasteiger partial charge >= 0.3 is 0 Å². The van der Waals surface area contributed by atoms with Gasteiger partial charge in [0.05, 0.1) is 6.33 Å². The van der Waals surface area contributed by atoms with E-state index in [2.05, 4.69) is 10.3 Å². The molecule has 6 nitrogen and oxygen atoms in total. The van der Waals surface area contributed by atoms with Crippen molar-refractivity contribution in [1.29, 1.82) is 0 Å². The molecule has 6 heteroatoms. The van der Waals surface area contributed by atoms with Crippen LogP contribution in [0.4, 0.5) is 5.82 Å². The first kappa shape index (κ1) is 14.3. The highest BCUT2D eigenvalue weighted by molar-refractivity contribution is 5.84. The van der Waals surface area contributed by atoms with Crippen LogP contribution in [-0.2, 0) is 9.59 Å². The third-order valence-electron chi connectivity index (χ3n) is 3.87. The summed E-state index contributed by atoms with van der Waals surface area (Å²) in [4.78, 5) is 29.4. The van der Waals surface area contributed by atoms with E-state index in [4.69, 9.17) is 0 Å². The Morgan fingerprint density at radius 1 is 1.23 bits per heavy atom. The number of rotatable bonds is 5. The van der Waals surface area contributed by atoms with Crippen LogP contribution in [0.15, 0.2) is 42.9 Å². The molecule has 0 saturated carbocycles. The predicted molar refractivity (Wildman–Crippen MR) is 82.3 cm³/mol. The van der Waals surface area contributed by atoms with E-state index >= 15 is 0 Å². The van der Waals surface area contributed by atoms with Gasteiger partial charge in [-0.15, -0.1) is 0 Å². The molecule has 1 aliphatic heterocycles. The maximum Gasteiger partial charge on any atom is 0.250 e. The number of anilines is 1. The quantitative estimate of drug-likeness (QED) is 0.854. The largest absolute Gasteiger partial charge is 0.341 e. The molecular weight excluding hydrogens is 280 g/mol. The van der Waals surface area contributed by atoms with Crippen molar-refractivity contribution in [2.24, 2.45) is 0 Å². The highest BCUT2D eigenvalue weighted by Gasteiger charge is 2.29. The zero-order valence-electron chi connectivity index (χ0n) is 12.2. The fourth-order valence-corrected chi connectivity index (χ4v) is 2.80. The number of benzene rings is 1. The van der Waals surface area contributed by atoms with Crippen LogP contribution in [0.2, 0.25) is 0 Å². The van der Waals surface area contributed by atoms with Gasteiger partial charge in [-0.1, -0.05) is 30.3 Å². The summed E-state index contributed by atoms with van der Waals surface area (Å²) in [5.41, 5.74) is 0.912. The van der Waals surface area contributed by atoms with Crippen LogP contribution >= 0.6 is 0 Å². The minimum absolute atomic E-state index is 0.0683. The van der Waals surface area contributed by atoms with Crippen LogP contribution in [0, 0.1) is 0 Å². The van der Waals surface area contributed by atoms with Gasteiger partial charge in [0.25, 0.3) is 0 Å². The Balaban J connectivity index is 1.94. The highest BCUT2D eigenvalue weighted by Crippen LogP contribution is 2.24. The van der Waals surface area contributed by atoms with Crippen molar-refractivity contribution in [2.75, 3.05) is 18.4 Å². The topological polar surface area (TPSA) is 67.2 Å². The molecule has 3 rings (SSSR count). The molecule has 0 radical (unpaired) electrons. The third-order valence-corrected chi connectivity index (χ3v) is 3.87. The van der Waals surface area contributed by atoms with Crippen molar-refractivity contribution in [1.82, 2.24) is 14.5 Å². The predicted octanol–water partition coefficient (Wildman–Crippen LogP) is 1.66. The van der Waals surface area contributed by atoms with Gasteiger partial charge < -0.3 is 14.8 Å². The molecule has 1 aromatic carbocycles. The minimum Gasteiger partial charge on any atom is -0.341 e. The maximum atomic E-state index is 12.9. The molecule has 2 amide bonds. The summed E-state index contributed by atoms with van der Waals surface area (Å²) in [6.07, 6.45) is 5.94. The Morgan fingerprint density at radius 3 is 2.64 bits per heavy atom. The monoisotopic (exact) mass is 298 g/mol. The van der Waals surface area contributed by atoms with Crippen molar-refractivity contribution in [3.8, 4) is 0 Å². The molecule has 1 N–H and O–H groups in total. The first-order valence-electron chi connectivity index (χ1n) is 7.37. The molecule has 0 spiro atoms. The number of imidazole rings is 1. The standard InChI is InChI=1S/C16H18N4O2/c21-12-18-14-10-20(11-17-14)15(13-6-2-1-3-7-13)16(22)19-8-4-5-9-19/h1-3,6-7,10-12,15H,4-5,8-9H2,(H,18,21). The molecule has 1 aliphatic rings. The van der Waals surface area contributed by atoms with Crippen LogP contribution in [-0.4, -0.2) is 39.9 Å². The second-order valence-electron chi connectivity index (χ2n) is 5.31. The third kappa shape index (κ3) is 2.86. The van der Waals surface area contributed by atoms with E-state index in [-0.39, 0.29) is 5.91 Å². The van der Waals surface area contributed by atoms with Gasteiger partial charge in [-0.25, -0.2) is 4.98 Å². The Bertz CT molecular complexity index is 647. The molecule has 22 heavy (non-hydrogen) atoms. The average molecular weight is 298 g/mol. The van der Waals surface area contributed by atoms with Gasteiger partial charge in [0, 0.05) is 19.3 Å². The van der Waals surface area contributed by atoms with Crippen LogP contribution in [0.3, 0.4) is 0 Å². The van der Waals surface area contributed by atoms with Gasteiger partial charge in [-0.05, 0) is 18.4 Å². The number of hydrogen-bond donors (Lipinski definition) is 1. The average Bonchev–Trinajstić information content (AvgIpc) is 3.21. The number of likely N-dealkylation sites (tertiary alicyclic amines) is 1. The summed E-state index contributed by atoms with van der Waals surface area (Å²) in [6.45, 7) is 1.60. The van der Waals surface area contributed by atoms with Gasteiger partial charge in [0.1, 0.15) is 6.04 Å². The molecule has 0 aliphatic carbocycles. The summed E-state index contributed by atoms with van der Waals surface area (Å²) >= 11 is 0. The van der Waals surface area contributed by atoms with Crippen LogP contribution in [0.5, 0.6) is 0 Å². The number of carbonyl (C=O) groups excluding carboxylic acids is 2. The van der Waals surface area contributed by atoms with Gasteiger partial charge in [0.15, 0.2) is 5.82 Å². The van der Waals surface area contributed by atoms with E-state index in [9.17, 15) is 9.59 Å². The summed E-state index contributed by atoms with van der Waals surface area (Å²) in [6, 6.07) is 9.18. The summed E-state index contributed by atoms with van der Waals surface area (Å²) in [5, 5.41) is 2.51. The number of nitrogens with zero attached hydrogens (tertiary/aromatic N) is 3. The molecule has 2 aromatic rings. The lowest BCUT2D eigenvalue weighted by atomic mass is 10.1. The van der Waals surface area contributed by atoms with Gasteiger partial charge in [-0.3, -0.25) is 9.59 Å². The van der Waals surface area contributed by atoms with Crippen molar-refractivity contribution in [3.05, 3.63) is 48.4 Å². The number of carbonyl (C=O) groups is 2. The number of aromatic nitrogens is 2. The smallest absolute Gasteiger partial charge is 0.250 e.